The number of carbonyl (C=O) groups excluding carboxylic acids is 1. The SMILES string of the molecule is CN1Cc2nc(N3CCc4nc(C5CC5)sc4C3)c(C3CC3)cc2C1=O. The van der Waals surface area contributed by atoms with Gasteiger partial charge in [0.05, 0.1) is 35.0 Å². The van der Waals surface area contributed by atoms with Crippen molar-refractivity contribution in [3.05, 3.63) is 38.5 Å². The van der Waals surface area contributed by atoms with E-state index in [0.29, 0.717) is 12.5 Å². The fourth-order valence-corrected chi connectivity index (χ4v) is 5.51. The third-order valence-corrected chi connectivity index (χ3v) is 7.31. The Morgan fingerprint density at radius 2 is 1.88 bits per heavy atom. The third kappa shape index (κ3) is 2.31. The van der Waals surface area contributed by atoms with Crippen LogP contribution < -0.4 is 4.90 Å². The van der Waals surface area contributed by atoms with Crippen molar-refractivity contribution >= 4 is 23.1 Å². The molecule has 2 aromatic heterocycles. The number of thiazole rings is 1. The highest BCUT2D eigenvalue weighted by Gasteiger charge is 2.36. The maximum atomic E-state index is 12.4. The minimum absolute atomic E-state index is 0.124. The van der Waals surface area contributed by atoms with Crippen molar-refractivity contribution in [2.75, 3.05) is 18.5 Å². The number of pyridine rings is 1. The van der Waals surface area contributed by atoms with Gasteiger partial charge in [0.25, 0.3) is 5.91 Å². The molecule has 2 saturated carbocycles. The predicted molar refractivity (Wildman–Crippen MR) is 101 cm³/mol. The first kappa shape index (κ1) is 15.1. The summed E-state index contributed by atoms with van der Waals surface area (Å²) in [5, 5.41) is 1.36. The van der Waals surface area contributed by atoms with Gasteiger partial charge in [-0.05, 0) is 43.2 Å². The van der Waals surface area contributed by atoms with E-state index in [1.807, 2.05) is 18.4 Å². The highest BCUT2D eigenvalue weighted by molar-refractivity contribution is 7.11. The van der Waals surface area contributed by atoms with Crippen LogP contribution in [0.1, 0.15) is 74.7 Å². The molecule has 4 heterocycles. The number of hydrogen-bond donors (Lipinski definition) is 0. The number of anilines is 1. The second-order valence-electron chi connectivity index (χ2n) is 8.20. The summed E-state index contributed by atoms with van der Waals surface area (Å²) in [4.78, 5) is 27.9. The van der Waals surface area contributed by atoms with Gasteiger partial charge in [0.15, 0.2) is 0 Å². The molecule has 0 atom stereocenters. The minimum Gasteiger partial charge on any atom is -0.351 e. The monoisotopic (exact) mass is 366 g/mol. The molecule has 0 spiro atoms. The maximum Gasteiger partial charge on any atom is 0.255 e. The number of carbonyl (C=O) groups is 1. The zero-order chi connectivity index (χ0) is 17.4. The van der Waals surface area contributed by atoms with E-state index in [9.17, 15) is 4.79 Å². The summed E-state index contributed by atoms with van der Waals surface area (Å²) in [6.45, 7) is 2.54. The molecule has 2 fully saturated rings. The first-order valence-electron chi connectivity index (χ1n) is 9.70. The molecule has 5 nitrogen and oxygen atoms in total. The zero-order valence-electron chi connectivity index (χ0n) is 15.0. The van der Waals surface area contributed by atoms with Gasteiger partial charge in [-0.15, -0.1) is 11.3 Å². The van der Waals surface area contributed by atoms with Crippen molar-refractivity contribution in [2.24, 2.45) is 0 Å². The van der Waals surface area contributed by atoms with Gasteiger partial charge in [0, 0.05) is 30.8 Å². The van der Waals surface area contributed by atoms with E-state index >= 15 is 0 Å². The Morgan fingerprint density at radius 1 is 1.08 bits per heavy atom. The fourth-order valence-electron chi connectivity index (χ4n) is 4.21. The highest BCUT2D eigenvalue weighted by Crippen LogP contribution is 2.47. The molecule has 0 bridgehead atoms. The number of amides is 1. The van der Waals surface area contributed by atoms with Crippen molar-refractivity contribution in [2.45, 2.75) is 57.0 Å². The molecule has 0 unspecified atom stereocenters. The van der Waals surface area contributed by atoms with Gasteiger partial charge in [-0.3, -0.25) is 4.79 Å². The van der Waals surface area contributed by atoms with E-state index < -0.39 is 0 Å². The normalized spacial score (nSPS) is 22.0. The lowest BCUT2D eigenvalue weighted by Crippen LogP contribution is -2.31. The Kier molecular flexibility index (Phi) is 3.08. The summed E-state index contributed by atoms with van der Waals surface area (Å²) in [6.07, 6.45) is 6.10. The van der Waals surface area contributed by atoms with E-state index in [2.05, 4.69) is 11.0 Å². The topological polar surface area (TPSA) is 49.3 Å². The lowest BCUT2D eigenvalue weighted by atomic mass is 10.1. The van der Waals surface area contributed by atoms with Gasteiger partial charge >= 0.3 is 0 Å². The molecule has 4 aliphatic rings. The van der Waals surface area contributed by atoms with E-state index in [1.165, 1.54) is 46.8 Å². The summed E-state index contributed by atoms with van der Waals surface area (Å²) in [6, 6.07) is 2.15. The first-order valence-corrected chi connectivity index (χ1v) is 10.5. The van der Waals surface area contributed by atoms with Crippen LogP contribution in [0.3, 0.4) is 0 Å². The summed E-state index contributed by atoms with van der Waals surface area (Å²) in [7, 11) is 1.87. The summed E-state index contributed by atoms with van der Waals surface area (Å²) < 4.78 is 0. The van der Waals surface area contributed by atoms with E-state index in [4.69, 9.17) is 9.97 Å². The molecule has 6 heteroatoms. The lowest BCUT2D eigenvalue weighted by Gasteiger charge is -2.29. The lowest BCUT2D eigenvalue weighted by molar-refractivity contribution is 0.0816. The van der Waals surface area contributed by atoms with Gasteiger partial charge < -0.3 is 9.80 Å². The average molecular weight is 366 g/mol. The molecule has 0 radical (unpaired) electrons. The molecule has 0 saturated heterocycles. The smallest absolute Gasteiger partial charge is 0.255 e. The van der Waals surface area contributed by atoms with E-state index in [1.54, 1.807) is 4.90 Å². The third-order valence-electron chi connectivity index (χ3n) is 6.06. The standard InChI is InChI=1S/C20H22N4OS/c1-23-9-16-14(20(23)25)8-13(11-2-3-11)18(21-16)24-7-6-15-17(10-24)26-19(22-15)12-4-5-12/h8,11-12H,2-7,9-10H2,1H3. The number of rotatable bonds is 3. The molecular weight excluding hydrogens is 344 g/mol. The average Bonchev–Trinajstić information content (AvgIpc) is 3.56. The largest absolute Gasteiger partial charge is 0.351 e. The summed E-state index contributed by atoms with van der Waals surface area (Å²) in [5.74, 6) is 2.58. The predicted octanol–water partition coefficient (Wildman–Crippen LogP) is 3.44. The van der Waals surface area contributed by atoms with Crippen LogP contribution in [0.4, 0.5) is 5.82 Å². The summed E-state index contributed by atoms with van der Waals surface area (Å²) >= 11 is 1.92. The molecule has 0 aromatic carbocycles. The summed E-state index contributed by atoms with van der Waals surface area (Å²) in [5.41, 5.74) is 4.38. The number of fused-ring (bicyclic) bond motifs is 2. The second kappa shape index (κ2) is 5.28. The molecule has 0 N–H and O–H groups in total. The van der Waals surface area contributed by atoms with Crippen molar-refractivity contribution in [1.82, 2.24) is 14.9 Å². The Morgan fingerprint density at radius 3 is 2.65 bits per heavy atom. The molecule has 134 valence electrons. The molecular formula is C20H22N4OS. The number of nitrogens with zero attached hydrogens (tertiary/aromatic N) is 4. The van der Waals surface area contributed by atoms with Gasteiger partial charge in [0.1, 0.15) is 5.82 Å². The van der Waals surface area contributed by atoms with Crippen molar-refractivity contribution < 1.29 is 4.79 Å². The van der Waals surface area contributed by atoms with Crippen molar-refractivity contribution in [3.63, 3.8) is 0 Å². The number of aromatic nitrogens is 2. The van der Waals surface area contributed by atoms with Crippen molar-refractivity contribution in [3.8, 4) is 0 Å². The zero-order valence-corrected chi connectivity index (χ0v) is 15.8. The van der Waals surface area contributed by atoms with Gasteiger partial charge in [-0.25, -0.2) is 9.97 Å². The molecule has 2 aliphatic heterocycles. The molecule has 2 aromatic rings. The van der Waals surface area contributed by atoms with Crippen molar-refractivity contribution in [1.29, 1.82) is 0 Å². The Bertz CT molecular complexity index is 928. The Hall–Kier alpha value is -1.95. The minimum atomic E-state index is 0.124. The number of hydrogen-bond acceptors (Lipinski definition) is 5. The van der Waals surface area contributed by atoms with Gasteiger partial charge in [-0.2, -0.15) is 0 Å². The van der Waals surface area contributed by atoms with Crippen LogP contribution in [-0.2, 0) is 19.5 Å². The molecule has 6 rings (SSSR count). The second-order valence-corrected chi connectivity index (χ2v) is 9.31. The Balaban J connectivity index is 1.37. The first-order chi connectivity index (χ1) is 12.7. The highest BCUT2D eigenvalue weighted by atomic mass is 32.1. The maximum absolute atomic E-state index is 12.4. The Labute approximate surface area is 157 Å². The van der Waals surface area contributed by atoms with Crippen LogP contribution in [0, 0.1) is 0 Å². The van der Waals surface area contributed by atoms with Crippen LogP contribution in [0.25, 0.3) is 0 Å². The fraction of sp³-hybridized carbons (Fsp3) is 0.550. The van der Waals surface area contributed by atoms with Crippen LogP contribution in [-0.4, -0.2) is 34.4 Å². The molecule has 1 amide bonds. The van der Waals surface area contributed by atoms with Crippen LogP contribution in [0.15, 0.2) is 6.07 Å². The van der Waals surface area contributed by atoms with Crippen LogP contribution in [0.2, 0.25) is 0 Å². The molecule has 26 heavy (non-hydrogen) atoms. The van der Waals surface area contributed by atoms with Gasteiger partial charge in [0.2, 0.25) is 0 Å². The van der Waals surface area contributed by atoms with Crippen LogP contribution in [0.5, 0.6) is 0 Å². The van der Waals surface area contributed by atoms with E-state index in [-0.39, 0.29) is 5.91 Å². The molecule has 2 aliphatic carbocycles. The van der Waals surface area contributed by atoms with E-state index in [0.717, 1.165) is 42.5 Å². The van der Waals surface area contributed by atoms with Crippen LogP contribution >= 0.6 is 11.3 Å². The quantitative estimate of drug-likeness (QED) is 0.835. The van der Waals surface area contributed by atoms with Gasteiger partial charge in [-0.1, -0.05) is 0 Å².